The van der Waals surface area contributed by atoms with Crippen molar-refractivity contribution in [3.63, 3.8) is 0 Å². The number of rotatable bonds is 7. The maximum absolute atomic E-state index is 13.2. The van der Waals surface area contributed by atoms with E-state index in [0.29, 0.717) is 21.3 Å². The van der Waals surface area contributed by atoms with Crippen LogP contribution in [-0.4, -0.2) is 65.7 Å². The second-order valence-electron chi connectivity index (χ2n) is 7.89. The Kier molecular flexibility index (Phi) is 6.87. The smallest absolute Gasteiger partial charge is 0.289 e. The van der Waals surface area contributed by atoms with E-state index in [0.717, 1.165) is 19.7 Å². The molecular formula is C22H24N4O4S3. The Bertz CT molecular complexity index is 1270. The third-order valence-corrected chi connectivity index (χ3v) is 9.41. The predicted octanol–water partition coefficient (Wildman–Crippen LogP) is 3.01. The molecule has 0 amide bonds. The highest BCUT2D eigenvalue weighted by Crippen LogP contribution is 2.35. The maximum atomic E-state index is 13.2. The molecule has 1 aromatic carbocycles. The van der Waals surface area contributed by atoms with Crippen molar-refractivity contribution in [3.05, 3.63) is 69.5 Å². The summed E-state index contributed by atoms with van der Waals surface area (Å²) in [6, 6.07) is 13.4. The van der Waals surface area contributed by atoms with Gasteiger partial charge in [0.05, 0.1) is 23.0 Å². The van der Waals surface area contributed by atoms with E-state index in [1.54, 1.807) is 12.1 Å². The molecule has 33 heavy (non-hydrogen) atoms. The normalized spacial score (nSPS) is 17.2. The molecular weight excluding hydrogens is 480 g/mol. The molecule has 11 heteroatoms. The van der Waals surface area contributed by atoms with E-state index in [-0.39, 0.29) is 24.8 Å². The Morgan fingerprint density at radius 3 is 2.58 bits per heavy atom. The fourth-order valence-corrected chi connectivity index (χ4v) is 6.47. The lowest BCUT2D eigenvalue weighted by Gasteiger charge is -2.19. The van der Waals surface area contributed by atoms with E-state index in [4.69, 9.17) is 0 Å². The van der Waals surface area contributed by atoms with Crippen molar-refractivity contribution in [1.82, 2.24) is 18.4 Å². The first-order valence-corrected chi connectivity index (χ1v) is 13.5. The van der Waals surface area contributed by atoms with Crippen molar-refractivity contribution < 1.29 is 18.0 Å². The zero-order chi connectivity index (χ0) is 23.8. The zero-order valence-corrected chi connectivity index (χ0v) is 20.9. The van der Waals surface area contributed by atoms with Crippen LogP contribution < -0.4 is 0 Å². The third kappa shape index (κ3) is 4.69. The van der Waals surface area contributed by atoms with Gasteiger partial charge in [0.2, 0.25) is 0 Å². The van der Waals surface area contributed by atoms with Gasteiger partial charge in [0, 0.05) is 32.0 Å². The van der Waals surface area contributed by atoms with Gasteiger partial charge in [-0.2, -0.15) is 26.8 Å². The molecule has 174 valence electrons. The van der Waals surface area contributed by atoms with Crippen LogP contribution in [0.4, 0.5) is 0 Å². The van der Waals surface area contributed by atoms with Gasteiger partial charge in [-0.15, -0.1) is 23.1 Å². The molecule has 1 fully saturated rings. The molecule has 1 saturated heterocycles. The number of thiophene rings is 1. The number of benzene rings is 1. The van der Waals surface area contributed by atoms with E-state index in [1.807, 2.05) is 42.6 Å². The molecule has 3 aromatic rings. The lowest BCUT2D eigenvalue weighted by atomic mass is 10.0. The highest BCUT2D eigenvalue weighted by Gasteiger charge is 2.42. The summed E-state index contributed by atoms with van der Waals surface area (Å²) in [6.07, 6.45) is 0. The number of aromatic nitrogens is 2. The maximum Gasteiger partial charge on any atom is 0.289 e. The highest BCUT2D eigenvalue weighted by molar-refractivity contribution is 7.98. The number of Topliss-reactive ketones (excluding diaryl/α,β-unsaturated/α-hetero) is 1. The number of nitrogens with zero attached hydrogens (tertiary/aromatic N) is 4. The average Bonchev–Trinajstić information content (AvgIpc) is 3.52. The number of ketones is 1. The van der Waals surface area contributed by atoms with E-state index < -0.39 is 16.1 Å². The number of carbonyl (C=O) groups is 2. The predicted molar refractivity (Wildman–Crippen MR) is 129 cm³/mol. The molecule has 1 unspecified atom stereocenters. The van der Waals surface area contributed by atoms with E-state index >= 15 is 0 Å². The summed E-state index contributed by atoms with van der Waals surface area (Å²) in [5.41, 5.74) is 2.28. The zero-order valence-electron chi connectivity index (χ0n) is 18.5. The van der Waals surface area contributed by atoms with Gasteiger partial charge in [-0.25, -0.2) is 0 Å². The van der Waals surface area contributed by atoms with Crippen molar-refractivity contribution >= 4 is 45.0 Å². The molecule has 0 N–H and O–H groups in total. The lowest BCUT2D eigenvalue weighted by Crippen LogP contribution is -2.38. The van der Waals surface area contributed by atoms with Gasteiger partial charge in [0.25, 0.3) is 16.1 Å². The van der Waals surface area contributed by atoms with Crippen LogP contribution in [-0.2, 0) is 20.8 Å². The molecule has 1 aliphatic heterocycles. The second-order valence-corrected chi connectivity index (χ2v) is 11.9. The highest BCUT2D eigenvalue weighted by atomic mass is 32.2. The summed E-state index contributed by atoms with van der Waals surface area (Å²) < 4.78 is 28.7. The van der Waals surface area contributed by atoms with E-state index in [1.165, 1.54) is 41.9 Å². The Hall–Kier alpha value is -2.31. The van der Waals surface area contributed by atoms with E-state index in [2.05, 4.69) is 5.10 Å². The van der Waals surface area contributed by atoms with Gasteiger partial charge in [-0.1, -0.05) is 36.4 Å². The van der Waals surface area contributed by atoms with Crippen molar-refractivity contribution in [2.75, 3.05) is 27.2 Å². The number of hydrogen-bond acceptors (Lipinski definition) is 7. The van der Waals surface area contributed by atoms with Crippen LogP contribution in [0.5, 0.6) is 0 Å². The Morgan fingerprint density at radius 2 is 1.94 bits per heavy atom. The first kappa shape index (κ1) is 23.8. The molecule has 0 bridgehead atoms. The van der Waals surface area contributed by atoms with Crippen molar-refractivity contribution in [2.45, 2.75) is 23.6 Å². The topological polar surface area (TPSA) is 92.6 Å². The average molecular weight is 505 g/mol. The second kappa shape index (κ2) is 9.51. The number of carbonyl (C=O) groups excluding carboxylic acids is 2. The fourth-order valence-electron chi connectivity index (χ4n) is 3.66. The summed E-state index contributed by atoms with van der Waals surface area (Å²) in [4.78, 5) is 26.6. The number of hydrogen-bond donors (Lipinski definition) is 0. The minimum atomic E-state index is -3.72. The molecule has 1 atom stereocenters. The first-order valence-electron chi connectivity index (χ1n) is 10.2. The van der Waals surface area contributed by atoms with Crippen molar-refractivity contribution in [2.24, 2.45) is 0 Å². The minimum Gasteiger partial charge on any atom is -0.297 e. The summed E-state index contributed by atoms with van der Waals surface area (Å²) in [5.74, 6) is -0.577. The van der Waals surface area contributed by atoms with Gasteiger partial charge < -0.3 is 0 Å². The molecule has 2 aromatic heterocycles. The van der Waals surface area contributed by atoms with Crippen molar-refractivity contribution in [3.8, 4) is 0 Å². The Labute approximate surface area is 201 Å². The van der Waals surface area contributed by atoms with Gasteiger partial charge in [0.15, 0.2) is 5.78 Å². The minimum absolute atomic E-state index is 0.00713. The summed E-state index contributed by atoms with van der Waals surface area (Å²) in [7, 11) is -0.853. The standard InChI is InChI=1S/C22H24N4O4S3/c1-15-20(17-12-25(13-18(17)27)33(29,30)24(2)3)23-26(21(28)19-10-7-11-31-19)22(15)32-14-16-8-5-4-6-9-16/h4-11,17H,12-14H2,1-3H3. The Balaban J connectivity index is 1.70. The third-order valence-electron chi connectivity index (χ3n) is 5.47. The summed E-state index contributed by atoms with van der Waals surface area (Å²) >= 11 is 2.80. The van der Waals surface area contributed by atoms with Crippen molar-refractivity contribution in [1.29, 1.82) is 0 Å². The molecule has 8 nitrogen and oxygen atoms in total. The lowest BCUT2D eigenvalue weighted by molar-refractivity contribution is -0.117. The summed E-state index contributed by atoms with van der Waals surface area (Å²) in [6.45, 7) is 1.64. The van der Waals surface area contributed by atoms with Crippen LogP contribution in [0.1, 0.15) is 32.4 Å². The van der Waals surface area contributed by atoms with Crippen LogP contribution in [0.15, 0.2) is 52.9 Å². The van der Waals surface area contributed by atoms with E-state index in [9.17, 15) is 18.0 Å². The molecule has 3 heterocycles. The first-order chi connectivity index (χ1) is 15.7. The quantitative estimate of drug-likeness (QED) is 0.459. The molecule has 1 aliphatic rings. The molecule has 0 radical (unpaired) electrons. The van der Waals surface area contributed by atoms with Crippen LogP contribution in [0, 0.1) is 6.92 Å². The van der Waals surface area contributed by atoms with Crippen LogP contribution in [0.3, 0.4) is 0 Å². The molecule has 0 spiro atoms. The SMILES string of the molecule is Cc1c(C2CN(S(=O)(=O)N(C)C)CC2=O)nn(C(=O)c2cccs2)c1SCc1ccccc1. The van der Waals surface area contributed by atoms with Crippen LogP contribution in [0.25, 0.3) is 0 Å². The van der Waals surface area contributed by atoms with Gasteiger partial charge >= 0.3 is 0 Å². The molecule has 0 aliphatic carbocycles. The van der Waals surface area contributed by atoms with Gasteiger partial charge in [-0.3, -0.25) is 9.59 Å². The summed E-state index contributed by atoms with van der Waals surface area (Å²) in [5, 5.41) is 7.05. The number of thioether (sulfide) groups is 1. The van der Waals surface area contributed by atoms with Crippen LogP contribution in [0.2, 0.25) is 0 Å². The Morgan fingerprint density at radius 1 is 1.21 bits per heavy atom. The molecule has 0 saturated carbocycles. The fraction of sp³-hybridized carbons (Fsp3) is 0.318. The van der Waals surface area contributed by atoms with Crippen LogP contribution >= 0.6 is 23.1 Å². The largest absolute Gasteiger partial charge is 0.297 e. The molecule has 4 rings (SSSR count). The van der Waals surface area contributed by atoms with Gasteiger partial charge in [0.1, 0.15) is 5.03 Å². The van der Waals surface area contributed by atoms with Gasteiger partial charge in [-0.05, 0) is 23.9 Å². The monoisotopic (exact) mass is 504 g/mol.